The van der Waals surface area contributed by atoms with Crippen LogP contribution in [-0.4, -0.2) is 28.6 Å². The number of amides is 1. The van der Waals surface area contributed by atoms with E-state index in [-0.39, 0.29) is 34.6 Å². The van der Waals surface area contributed by atoms with Gasteiger partial charge in [-0.15, -0.1) is 0 Å². The van der Waals surface area contributed by atoms with Crippen molar-refractivity contribution < 1.29 is 9.90 Å². The number of carbonyl (C=O) groups excluding carboxylic acids is 1. The summed E-state index contributed by atoms with van der Waals surface area (Å²) in [6.07, 6.45) is 1.36. The molecule has 94 valence electrons. The van der Waals surface area contributed by atoms with Crippen LogP contribution >= 0.6 is 23.2 Å². The Balaban J connectivity index is 2.73. The SMILES string of the molecule is CC(CO)C(C)NC(=O)c1cnc(Cl)c(Cl)c1. The number of rotatable bonds is 4. The van der Waals surface area contributed by atoms with Gasteiger partial charge in [-0.05, 0) is 18.9 Å². The molecule has 0 saturated heterocycles. The van der Waals surface area contributed by atoms with Crippen molar-refractivity contribution in [2.24, 2.45) is 5.92 Å². The molecule has 1 rings (SSSR count). The average Bonchev–Trinajstić information content (AvgIpc) is 2.31. The Morgan fingerprint density at radius 3 is 2.71 bits per heavy atom. The van der Waals surface area contributed by atoms with Crippen LogP contribution < -0.4 is 5.32 Å². The zero-order chi connectivity index (χ0) is 13.0. The highest BCUT2D eigenvalue weighted by atomic mass is 35.5. The Kier molecular flexibility index (Phi) is 5.18. The molecule has 0 aromatic carbocycles. The van der Waals surface area contributed by atoms with Gasteiger partial charge in [0.15, 0.2) is 0 Å². The van der Waals surface area contributed by atoms with Gasteiger partial charge in [-0.1, -0.05) is 30.1 Å². The number of nitrogens with zero attached hydrogens (tertiary/aromatic N) is 1. The zero-order valence-corrected chi connectivity index (χ0v) is 11.1. The summed E-state index contributed by atoms with van der Waals surface area (Å²) in [5, 5.41) is 12.1. The molecule has 4 nitrogen and oxygen atoms in total. The van der Waals surface area contributed by atoms with Crippen LogP contribution in [-0.2, 0) is 0 Å². The first-order valence-electron chi connectivity index (χ1n) is 5.18. The van der Waals surface area contributed by atoms with Crippen LogP contribution in [0, 0.1) is 5.92 Å². The van der Waals surface area contributed by atoms with E-state index < -0.39 is 0 Å². The summed E-state index contributed by atoms with van der Waals surface area (Å²) >= 11 is 11.4. The van der Waals surface area contributed by atoms with Crippen molar-refractivity contribution in [1.29, 1.82) is 0 Å². The summed E-state index contributed by atoms with van der Waals surface area (Å²) < 4.78 is 0. The highest BCUT2D eigenvalue weighted by Crippen LogP contribution is 2.19. The summed E-state index contributed by atoms with van der Waals surface area (Å²) in [5.41, 5.74) is 0.344. The minimum atomic E-state index is -0.288. The molecule has 6 heteroatoms. The summed E-state index contributed by atoms with van der Waals surface area (Å²) in [5.74, 6) is -0.307. The maximum Gasteiger partial charge on any atom is 0.253 e. The van der Waals surface area contributed by atoms with Crippen molar-refractivity contribution in [3.8, 4) is 0 Å². The Bertz CT molecular complexity index is 412. The van der Waals surface area contributed by atoms with Gasteiger partial charge in [-0.25, -0.2) is 4.98 Å². The number of halogens is 2. The molecule has 2 atom stereocenters. The van der Waals surface area contributed by atoms with Crippen molar-refractivity contribution in [2.75, 3.05) is 6.61 Å². The van der Waals surface area contributed by atoms with Crippen molar-refractivity contribution in [2.45, 2.75) is 19.9 Å². The van der Waals surface area contributed by atoms with E-state index in [0.717, 1.165) is 0 Å². The molecular formula is C11H14Cl2N2O2. The van der Waals surface area contributed by atoms with Gasteiger partial charge in [0.05, 0.1) is 10.6 Å². The van der Waals surface area contributed by atoms with Gasteiger partial charge in [-0.3, -0.25) is 4.79 Å². The van der Waals surface area contributed by atoms with Crippen LogP contribution in [0.1, 0.15) is 24.2 Å². The van der Waals surface area contributed by atoms with Crippen LogP contribution in [0.4, 0.5) is 0 Å². The lowest BCUT2D eigenvalue weighted by Crippen LogP contribution is -2.38. The summed E-state index contributed by atoms with van der Waals surface area (Å²) in [6.45, 7) is 3.68. The number of hydrogen-bond donors (Lipinski definition) is 2. The van der Waals surface area contributed by atoms with E-state index in [2.05, 4.69) is 10.3 Å². The normalized spacial score (nSPS) is 14.2. The number of hydrogen-bond acceptors (Lipinski definition) is 3. The van der Waals surface area contributed by atoms with E-state index in [0.29, 0.717) is 5.56 Å². The van der Waals surface area contributed by atoms with Crippen LogP contribution in [0.3, 0.4) is 0 Å². The van der Waals surface area contributed by atoms with Gasteiger partial charge >= 0.3 is 0 Å². The van der Waals surface area contributed by atoms with E-state index in [4.69, 9.17) is 28.3 Å². The van der Waals surface area contributed by atoms with Gasteiger partial charge in [-0.2, -0.15) is 0 Å². The lowest BCUT2D eigenvalue weighted by atomic mass is 10.0. The van der Waals surface area contributed by atoms with Crippen LogP contribution in [0.5, 0.6) is 0 Å². The van der Waals surface area contributed by atoms with Crippen molar-refractivity contribution in [3.63, 3.8) is 0 Å². The number of pyridine rings is 1. The molecule has 1 aromatic heterocycles. The van der Waals surface area contributed by atoms with Crippen molar-refractivity contribution >= 4 is 29.1 Å². The van der Waals surface area contributed by atoms with E-state index >= 15 is 0 Å². The number of nitrogens with one attached hydrogen (secondary N) is 1. The van der Waals surface area contributed by atoms with Crippen LogP contribution in [0.25, 0.3) is 0 Å². The standard InChI is InChI=1S/C11H14Cl2N2O2/c1-6(5-16)7(2)15-11(17)8-3-9(12)10(13)14-4-8/h3-4,6-7,16H,5H2,1-2H3,(H,15,17). The third kappa shape index (κ3) is 3.84. The van der Waals surface area contributed by atoms with Gasteiger partial charge in [0.25, 0.3) is 5.91 Å². The monoisotopic (exact) mass is 276 g/mol. The molecule has 0 radical (unpaired) electrons. The van der Waals surface area contributed by atoms with Crippen molar-refractivity contribution in [3.05, 3.63) is 28.0 Å². The summed E-state index contributed by atoms with van der Waals surface area (Å²) in [7, 11) is 0. The fraction of sp³-hybridized carbons (Fsp3) is 0.455. The Morgan fingerprint density at radius 1 is 1.53 bits per heavy atom. The highest BCUT2D eigenvalue weighted by molar-refractivity contribution is 6.41. The molecule has 2 unspecified atom stereocenters. The molecule has 2 N–H and O–H groups in total. The first kappa shape index (κ1) is 14.2. The minimum absolute atomic E-state index is 0.0150. The fourth-order valence-corrected chi connectivity index (χ4v) is 1.41. The van der Waals surface area contributed by atoms with Gasteiger partial charge in [0.2, 0.25) is 0 Å². The van der Waals surface area contributed by atoms with E-state index in [1.165, 1.54) is 12.3 Å². The molecule has 0 fully saturated rings. The predicted octanol–water partition coefficient (Wildman–Crippen LogP) is 2.14. The van der Waals surface area contributed by atoms with Crippen molar-refractivity contribution in [1.82, 2.24) is 10.3 Å². The Labute approximate surface area is 110 Å². The lowest BCUT2D eigenvalue weighted by molar-refractivity contribution is 0.0916. The second kappa shape index (κ2) is 6.19. The second-order valence-electron chi connectivity index (χ2n) is 3.92. The lowest BCUT2D eigenvalue weighted by Gasteiger charge is -2.19. The molecule has 0 aliphatic rings. The molecule has 17 heavy (non-hydrogen) atoms. The maximum absolute atomic E-state index is 11.8. The molecule has 0 saturated carbocycles. The topological polar surface area (TPSA) is 62.2 Å². The third-order valence-corrected chi connectivity index (χ3v) is 3.24. The molecule has 1 amide bonds. The Hall–Kier alpha value is -0.840. The smallest absolute Gasteiger partial charge is 0.253 e. The maximum atomic E-state index is 11.8. The largest absolute Gasteiger partial charge is 0.396 e. The van der Waals surface area contributed by atoms with Gasteiger partial charge < -0.3 is 10.4 Å². The summed E-state index contributed by atoms with van der Waals surface area (Å²) in [6, 6.07) is 1.32. The minimum Gasteiger partial charge on any atom is -0.396 e. The summed E-state index contributed by atoms with van der Waals surface area (Å²) in [4.78, 5) is 15.6. The second-order valence-corrected chi connectivity index (χ2v) is 4.68. The number of aliphatic hydroxyl groups is 1. The van der Waals surface area contributed by atoms with Crippen LogP contribution in [0.15, 0.2) is 12.3 Å². The fourth-order valence-electron chi connectivity index (χ4n) is 1.14. The third-order valence-electron chi connectivity index (χ3n) is 2.56. The van der Waals surface area contributed by atoms with E-state index in [1.807, 2.05) is 13.8 Å². The van der Waals surface area contributed by atoms with Crippen LogP contribution in [0.2, 0.25) is 10.2 Å². The predicted molar refractivity (Wildman–Crippen MR) is 67.4 cm³/mol. The first-order valence-corrected chi connectivity index (χ1v) is 5.94. The average molecular weight is 277 g/mol. The quantitative estimate of drug-likeness (QED) is 0.829. The number of aromatic nitrogens is 1. The number of aliphatic hydroxyl groups excluding tert-OH is 1. The molecule has 1 heterocycles. The van der Waals surface area contributed by atoms with Gasteiger partial charge in [0.1, 0.15) is 5.15 Å². The number of carbonyl (C=O) groups is 1. The zero-order valence-electron chi connectivity index (χ0n) is 9.58. The molecule has 0 bridgehead atoms. The molecule has 0 spiro atoms. The Morgan fingerprint density at radius 2 is 2.18 bits per heavy atom. The molecule has 0 aliphatic carbocycles. The van der Waals surface area contributed by atoms with E-state index in [1.54, 1.807) is 0 Å². The highest BCUT2D eigenvalue weighted by Gasteiger charge is 2.16. The first-order chi connectivity index (χ1) is 7.95. The molecule has 0 aliphatic heterocycles. The molecular weight excluding hydrogens is 263 g/mol. The molecule has 1 aromatic rings. The van der Waals surface area contributed by atoms with E-state index in [9.17, 15) is 4.79 Å². The van der Waals surface area contributed by atoms with Gasteiger partial charge in [0, 0.05) is 18.8 Å².